The second kappa shape index (κ2) is 10.5. The number of benzene rings is 2. The molecule has 0 atom stereocenters. The smallest absolute Gasteiger partial charge is 0.338 e. The molecular formula is C22H26N2O7S. The van der Waals surface area contributed by atoms with E-state index in [4.69, 9.17) is 14.2 Å². The first-order valence-electron chi connectivity index (χ1n) is 10.1. The van der Waals surface area contributed by atoms with Crippen LogP contribution in [0.2, 0.25) is 0 Å². The average Bonchev–Trinajstić information content (AvgIpc) is 2.83. The van der Waals surface area contributed by atoms with Crippen molar-refractivity contribution in [2.75, 3.05) is 39.2 Å². The SMILES string of the molecule is COc1ccc(C(=O)OCC(=O)Nc2cc(S(=O)(=O)N3CCCCC3)ccc2OC)cc1. The van der Waals surface area contributed by atoms with Crippen LogP contribution in [0.15, 0.2) is 47.4 Å². The fourth-order valence-electron chi connectivity index (χ4n) is 3.33. The number of piperidine rings is 1. The minimum atomic E-state index is -3.68. The van der Waals surface area contributed by atoms with E-state index in [0.717, 1.165) is 19.3 Å². The number of hydrogen-bond donors (Lipinski definition) is 1. The molecule has 1 N–H and O–H groups in total. The van der Waals surface area contributed by atoms with Gasteiger partial charge in [-0.3, -0.25) is 4.79 Å². The van der Waals surface area contributed by atoms with Gasteiger partial charge in [0.05, 0.1) is 30.4 Å². The van der Waals surface area contributed by atoms with Crippen molar-refractivity contribution >= 4 is 27.6 Å². The quantitative estimate of drug-likeness (QED) is 0.601. The molecule has 32 heavy (non-hydrogen) atoms. The molecule has 1 aliphatic rings. The molecule has 2 aromatic rings. The molecule has 0 bridgehead atoms. The average molecular weight is 463 g/mol. The lowest BCUT2D eigenvalue weighted by molar-refractivity contribution is -0.119. The number of esters is 1. The van der Waals surface area contributed by atoms with E-state index in [-0.39, 0.29) is 21.9 Å². The van der Waals surface area contributed by atoms with Crippen molar-refractivity contribution < 1.29 is 32.2 Å². The van der Waals surface area contributed by atoms with Gasteiger partial charge in [0.15, 0.2) is 6.61 Å². The Labute approximate surface area is 187 Å². The van der Waals surface area contributed by atoms with Crippen LogP contribution in [0.5, 0.6) is 11.5 Å². The predicted octanol–water partition coefficient (Wildman–Crippen LogP) is 2.67. The Morgan fingerprint density at radius 2 is 1.66 bits per heavy atom. The van der Waals surface area contributed by atoms with Gasteiger partial charge in [0.25, 0.3) is 5.91 Å². The maximum Gasteiger partial charge on any atom is 0.338 e. The van der Waals surface area contributed by atoms with Gasteiger partial charge in [-0.05, 0) is 55.3 Å². The van der Waals surface area contributed by atoms with Crippen LogP contribution < -0.4 is 14.8 Å². The van der Waals surface area contributed by atoms with Crippen molar-refractivity contribution in [1.82, 2.24) is 4.31 Å². The van der Waals surface area contributed by atoms with E-state index < -0.39 is 28.5 Å². The lowest BCUT2D eigenvalue weighted by Gasteiger charge is -2.26. The minimum Gasteiger partial charge on any atom is -0.497 e. The van der Waals surface area contributed by atoms with E-state index in [0.29, 0.717) is 18.8 Å². The molecule has 1 heterocycles. The van der Waals surface area contributed by atoms with E-state index >= 15 is 0 Å². The zero-order valence-electron chi connectivity index (χ0n) is 18.0. The topological polar surface area (TPSA) is 111 Å². The van der Waals surface area contributed by atoms with Gasteiger partial charge in [-0.1, -0.05) is 6.42 Å². The van der Waals surface area contributed by atoms with Crippen LogP contribution >= 0.6 is 0 Å². The molecule has 1 aliphatic heterocycles. The third-order valence-electron chi connectivity index (χ3n) is 5.06. The van der Waals surface area contributed by atoms with Crippen molar-refractivity contribution in [3.05, 3.63) is 48.0 Å². The second-order valence-corrected chi connectivity index (χ2v) is 9.12. The van der Waals surface area contributed by atoms with Gasteiger partial charge >= 0.3 is 5.97 Å². The van der Waals surface area contributed by atoms with E-state index in [9.17, 15) is 18.0 Å². The third-order valence-corrected chi connectivity index (χ3v) is 6.95. The third kappa shape index (κ3) is 5.57. The van der Waals surface area contributed by atoms with Gasteiger partial charge in [0.1, 0.15) is 11.5 Å². The molecule has 0 aliphatic carbocycles. The molecule has 3 rings (SSSR count). The summed E-state index contributed by atoms with van der Waals surface area (Å²) in [5, 5.41) is 2.56. The van der Waals surface area contributed by atoms with Crippen LogP contribution in [0.1, 0.15) is 29.6 Å². The fraction of sp³-hybridized carbons (Fsp3) is 0.364. The van der Waals surface area contributed by atoms with Crippen LogP contribution in [-0.4, -0.2) is 58.5 Å². The molecule has 0 aromatic heterocycles. The summed E-state index contributed by atoms with van der Waals surface area (Å²) in [5.41, 5.74) is 0.446. The van der Waals surface area contributed by atoms with E-state index in [2.05, 4.69) is 5.32 Å². The van der Waals surface area contributed by atoms with Gasteiger partial charge in [0, 0.05) is 13.1 Å². The van der Waals surface area contributed by atoms with Crippen molar-refractivity contribution in [3.8, 4) is 11.5 Å². The zero-order valence-corrected chi connectivity index (χ0v) is 18.8. The monoisotopic (exact) mass is 462 g/mol. The predicted molar refractivity (Wildman–Crippen MR) is 118 cm³/mol. The molecule has 172 valence electrons. The summed E-state index contributed by atoms with van der Waals surface area (Å²) in [4.78, 5) is 24.5. The Morgan fingerprint density at radius 1 is 0.969 bits per heavy atom. The Kier molecular flexibility index (Phi) is 7.70. The van der Waals surface area contributed by atoms with Crippen LogP contribution in [0.25, 0.3) is 0 Å². The summed E-state index contributed by atoms with van der Waals surface area (Å²) in [7, 11) is -0.759. The maximum absolute atomic E-state index is 12.9. The number of amides is 1. The Hall–Kier alpha value is -3.11. The molecular weight excluding hydrogens is 436 g/mol. The number of carbonyl (C=O) groups excluding carboxylic acids is 2. The fourth-order valence-corrected chi connectivity index (χ4v) is 4.87. The lowest BCUT2D eigenvalue weighted by atomic mass is 10.2. The molecule has 0 saturated carbocycles. The first-order valence-corrected chi connectivity index (χ1v) is 11.6. The summed E-state index contributed by atoms with van der Waals surface area (Å²) in [5.74, 6) is -0.419. The molecule has 1 saturated heterocycles. The number of anilines is 1. The van der Waals surface area contributed by atoms with Gasteiger partial charge in [-0.2, -0.15) is 4.31 Å². The van der Waals surface area contributed by atoms with E-state index in [1.165, 1.54) is 48.9 Å². The number of hydrogen-bond acceptors (Lipinski definition) is 7. The molecule has 0 radical (unpaired) electrons. The molecule has 1 fully saturated rings. The summed E-state index contributed by atoms with van der Waals surface area (Å²) in [6, 6.07) is 10.5. The lowest BCUT2D eigenvalue weighted by Crippen LogP contribution is -2.35. The first kappa shape index (κ1) is 23.6. The van der Waals surface area contributed by atoms with Gasteiger partial charge in [-0.25, -0.2) is 13.2 Å². The summed E-state index contributed by atoms with van der Waals surface area (Å²) in [6.45, 7) is 0.395. The molecule has 0 unspecified atom stereocenters. The van der Waals surface area contributed by atoms with Crippen LogP contribution in [0.4, 0.5) is 5.69 Å². The highest BCUT2D eigenvalue weighted by Gasteiger charge is 2.27. The molecule has 2 aromatic carbocycles. The Morgan fingerprint density at radius 3 is 2.28 bits per heavy atom. The number of rotatable bonds is 8. The number of carbonyl (C=O) groups is 2. The highest BCUT2D eigenvalue weighted by atomic mass is 32.2. The van der Waals surface area contributed by atoms with E-state index in [1.54, 1.807) is 12.1 Å². The van der Waals surface area contributed by atoms with Crippen LogP contribution in [0, 0.1) is 0 Å². The number of methoxy groups -OCH3 is 2. The molecule has 10 heteroatoms. The first-order chi connectivity index (χ1) is 15.3. The number of ether oxygens (including phenoxy) is 3. The van der Waals surface area contributed by atoms with Crippen molar-refractivity contribution in [2.45, 2.75) is 24.2 Å². The highest BCUT2D eigenvalue weighted by molar-refractivity contribution is 7.89. The largest absolute Gasteiger partial charge is 0.497 e. The number of nitrogens with one attached hydrogen (secondary N) is 1. The Bertz CT molecular complexity index is 1060. The zero-order chi connectivity index (χ0) is 23.1. The summed E-state index contributed by atoms with van der Waals surface area (Å²) in [6.07, 6.45) is 2.64. The van der Waals surface area contributed by atoms with Crippen LogP contribution in [0.3, 0.4) is 0 Å². The highest BCUT2D eigenvalue weighted by Crippen LogP contribution is 2.30. The van der Waals surface area contributed by atoms with Gasteiger partial charge in [0.2, 0.25) is 10.0 Å². The summed E-state index contributed by atoms with van der Waals surface area (Å²) >= 11 is 0. The minimum absolute atomic E-state index is 0.0609. The maximum atomic E-state index is 12.9. The van der Waals surface area contributed by atoms with Crippen molar-refractivity contribution in [3.63, 3.8) is 0 Å². The van der Waals surface area contributed by atoms with Crippen LogP contribution in [-0.2, 0) is 19.6 Å². The van der Waals surface area contributed by atoms with Crippen molar-refractivity contribution in [1.29, 1.82) is 0 Å². The Balaban J connectivity index is 1.67. The standard InChI is InChI=1S/C22H26N2O7S/c1-29-17-8-6-16(7-9-17)22(26)31-15-21(25)23-19-14-18(10-11-20(19)30-2)32(27,28)24-12-4-3-5-13-24/h6-11,14H,3-5,12-13,15H2,1-2H3,(H,23,25). The van der Waals surface area contributed by atoms with Crippen molar-refractivity contribution in [2.24, 2.45) is 0 Å². The normalized spacial score (nSPS) is 14.4. The van der Waals surface area contributed by atoms with Gasteiger partial charge in [-0.15, -0.1) is 0 Å². The van der Waals surface area contributed by atoms with E-state index in [1.807, 2.05) is 0 Å². The number of nitrogens with zero attached hydrogens (tertiary/aromatic N) is 1. The molecule has 1 amide bonds. The second-order valence-electron chi connectivity index (χ2n) is 7.18. The molecule has 0 spiro atoms. The van der Waals surface area contributed by atoms with Gasteiger partial charge < -0.3 is 19.5 Å². The molecule has 9 nitrogen and oxygen atoms in total. The number of sulfonamides is 1. The summed E-state index contributed by atoms with van der Waals surface area (Å²) < 4.78 is 42.6.